The first kappa shape index (κ1) is 15.4. The van der Waals surface area contributed by atoms with Gasteiger partial charge in [0.05, 0.1) is 18.1 Å². The van der Waals surface area contributed by atoms with E-state index in [0.29, 0.717) is 21.9 Å². The fourth-order valence-electron chi connectivity index (χ4n) is 1.95. The third-order valence-corrected chi connectivity index (χ3v) is 4.06. The zero-order valence-electron chi connectivity index (χ0n) is 12.5. The summed E-state index contributed by atoms with van der Waals surface area (Å²) in [5.41, 5.74) is 0.624. The molecular formula is C14H17N3O3S. The molecule has 0 fully saturated rings. The molecule has 2 aromatic heterocycles. The van der Waals surface area contributed by atoms with E-state index in [1.807, 2.05) is 6.92 Å². The second kappa shape index (κ2) is 6.17. The van der Waals surface area contributed by atoms with Crippen LogP contribution >= 0.6 is 11.3 Å². The van der Waals surface area contributed by atoms with Crippen molar-refractivity contribution in [1.29, 1.82) is 0 Å². The SMILES string of the molecule is CCCN=c1sc2nc(C)cc(C(=O)OC)c2c(=O)n1C. The van der Waals surface area contributed by atoms with Crippen LogP contribution in [0.1, 0.15) is 29.4 Å². The Morgan fingerprint density at radius 1 is 1.52 bits per heavy atom. The summed E-state index contributed by atoms with van der Waals surface area (Å²) in [5.74, 6) is -0.534. The Morgan fingerprint density at radius 2 is 2.24 bits per heavy atom. The van der Waals surface area contributed by atoms with Crippen LogP contribution in [-0.4, -0.2) is 29.2 Å². The van der Waals surface area contributed by atoms with Crippen LogP contribution in [-0.2, 0) is 11.8 Å². The number of methoxy groups -OCH3 is 1. The van der Waals surface area contributed by atoms with Crippen molar-refractivity contribution in [2.45, 2.75) is 20.3 Å². The lowest BCUT2D eigenvalue weighted by molar-refractivity contribution is 0.0602. The third-order valence-electron chi connectivity index (χ3n) is 2.98. The molecular weight excluding hydrogens is 290 g/mol. The quantitative estimate of drug-likeness (QED) is 0.803. The van der Waals surface area contributed by atoms with Gasteiger partial charge in [0.25, 0.3) is 5.56 Å². The fourth-order valence-corrected chi connectivity index (χ4v) is 2.99. The molecule has 6 nitrogen and oxygen atoms in total. The lowest BCUT2D eigenvalue weighted by Crippen LogP contribution is -2.30. The molecule has 0 atom stereocenters. The number of aryl methyl sites for hydroxylation is 1. The van der Waals surface area contributed by atoms with Gasteiger partial charge in [-0.05, 0) is 19.4 Å². The minimum atomic E-state index is -0.534. The number of nitrogens with zero attached hydrogens (tertiary/aromatic N) is 3. The van der Waals surface area contributed by atoms with E-state index in [9.17, 15) is 9.59 Å². The molecule has 0 aliphatic carbocycles. The minimum Gasteiger partial charge on any atom is -0.465 e. The monoisotopic (exact) mass is 307 g/mol. The maximum Gasteiger partial charge on any atom is 0.338 e. The van der Waals surface area contributed by atoms with Crippen molar-refractivity contribution >= 4 is 27.5 Å². The Kier molecular flexibility index (Phi) is 4.52. The lowest BCUT2D eigenvalue weighted by Gasteiger charge is -2.07. The average Bonchev–Trinajstić information content (AvgIpc) is 2.47. The first-order valence-electron chi connectivity index (χ1n) is 6.59. The molecule has 0 saturated carbocycles. The van der Waals surface area contributed by atoms with E-state index in [0.717, 1.165) is 6.42 Å². The third kappa shape index (κ3) is 2.87. The number of hydrogen-bond acceptors (Lipinski definition) is 6. The van der Waals surface area contributed by atoms with Gasteiger partial charge in [-0.15, -0.1) is 0 Å². The molecule has 0 aliphatic heterocycles. The van der Waals surface area contributed by atoms with Crippen LogP contribution in [0.5, 0.6) is 0 Å². The summed E-state index contributed by atoms with van der Waals surface area (Å²) in [6.07, 6.45) is 0.896. The highest BCUT2D eigenvalue weighted by molar-refractivity contribution is 7.15. The summed E-state index contributed by atoms with van der Waals surface area (Å²) in [4.78, 5) is 34.3. The standard InChI is InChI=1S/C14H17N3O3S/c1-5-6-15-14-17(3)12(18)10-9(13(19)20-4)7-8(2)16-11(10)21-14/h7H,5-6H2,1-4H3. The van der Waals surface area contributed by atoms with Crippen LogP contribution in [0.3, 0.4) is 0 Å². The van der Waals surface area contributed by atoms with Crippen LogP contribution in [0.25, 0.3) is 10.2 Å². The molecule has 0 saturated heterocycles. The Bertz CT molecular complexity index is 821. The van der Waals surface area contributed by atoms with Gasteiger partial charge in [0, 0.05) is 19.3 Å². The van der Waals surface area contributed by atoms with E-state index in [-0.39, 0.29) is 16.5 Å². The molecule has 0 N–H and O–H groups in total. The predicted octanol–water partition coefficient (Wildman–Crippen LogP) is 1.40. The number of hydrogen-bond donors (Lipinski definition) is 0. The number of aromatic nitrogens is 2. The van der Waals surface area contributed by atoms with Crippen molar-refractivity contribution in [2.24, 2.45) is 12.0 Å². The maximum absolute atomic E-state index is 12.5. The average molecular weight is 307 g/mol. The number of carbonyl (C=O) groups excluding carboxylic acids is 1. The normalized spacial score (nSPS) is 11.9. The number of pyridine rings is 1. The van der Waals surface area contributed by atoms with Crippen LogP contribution in [0.4, 0.5) is 0 Å². The van der Waals surface area contributed by atoms with Crippen LogP contribution in [0.15, 0.2) is 15.9 Å². The molecule has 2 rings (SSSR count). The highest BCUT2D eigenvalue weighted by atomic mass is 32.1. The second-order valence-corrected chi connectivity index (χ2v) is 5.57. The topological polar surface area (TPSA) is 73.6 Å². The van der Waals surface area contributed by atoms with Gasteiger partial charge in [0.2, 0.25) is 0 Å². The molecule has 0 amide bonds. The number of carbonyl (C=O) groups is 1. The second-order valence-electron chi connectivity index (χ2n) is 4.61. The molecule has 0 aliphatic rings. The Morgan fingerprint density at radius 3 is 2.86 bits per heavy atom. The van der Waals surface area contributed by atoms with Gasteiger partial charge in [-0.2, -0.15) is 0 Å². The number of esters is 1. The molecule has 0 bridgehead atoms. The van der Waals surface area contributed by atoms with Crippen molar-refractivity contribution in [3.8, 4) is 0 Å². The summed E-state index contributed by atoms with van der Waals surface area (Å²) in [5, 5.41) is 0.287. The van der Waals surface area contributed by atoms with E-state index in [2.05, 4.69) is 9.98 Å². The lowest BCUT2D eigenvalue weighted by atomic mass is 10.1. The Hall–Kier alpha value is -2.02. The van der Waals surface area contributed by atoms with Crippen LogP contribution in [0.2, 0.25) is 0 Å². The summed E-state index contributed by atoms with van der Waals surface area (Å²) in [6, 6.07) is 1.57. The Labute approximate surface area is 125 Å². The van der Waals surface area contributed by atoms with Gasteiger partial charge in [0.1, 0.15) is 4.83 Å². The predicted molar refractivity (Wildman–Crippen MR) is 81.7 cm³/mol. The van der Waals surface area contributed by atoms with Crippen molar-refractivity contribution in [3.05, 3.63) is 32.5 Å². The number of ether oxygens (including phenoxy) is 1. The molecule has 0 aromatic carbocycles. The van der Waals surface area contributed by atoms with E-state index < -0.39 is 5.97 Å². The molecule has 21 heavy (non-hydrogen) atoms. The van der Waals surface area contributed by atoms with E-state index >= 15 is 0 Å². The summed E-state index contributed by atoms with van der Waals surface area (Å²) in [6.45, 7) is 4.44. The van der Waals surface area contributed by atoms with E-state index in [1.54, 1.807) is 20.0 Å². The summed E-state index contributed by atoms with van der Waals surface area (Å²) >= 11 is 1.30. The van der Waals surface area contributed by atoms with Gasteiger partial charge < -0.3 is 4.74 Å². The van der Waals surface area contributed by atoms with Crippen LogP contribution in [0, 0.1) is 6.92 Å². The van der Waals surface area contributed by atoms with Crippen molar-refractivity contribution in [3.63, 3.8) is 0 Å². The molecule has 2 aromatic rings. The Balaban J connectivity index is 2.90. The van der Waals surface area contributed by atoms with Crippen molar-refractivity contribution in [1.82, 2.24) is 9.55 Å². The van der Waals surface area contributed by atoms with Crippen molar-refractivity contribution in [2.75, 3.05) is 13.7 Å². The molecule has 7 heteroatoms. The van der Waals surface area contributed by atoms with Gasteiger partial charge in [-0.25, -0.2) is 9.78 Å². The zero-order chi connectivity index (χ0) is 15.6. The largest absolute Gasteiger partial charge is 0.465 e. The van der Waals surface area contributed by atoms with Gasteiger partial charge in [-0.3, -0.25) is 14.4 Å². The molecule has 0 unspecified atom stereocenters. The fraction of sp³-hybridized carbons (Fsp3) is 0.429. The number of rotatable bonds is 3. The zero-order valence-corrected chi connectivity index (χ0v) is 13.3. The van der Waals surface area contributed by atoms with E-state index in [1.165, 1.54) is 23.0 Å². The van der Waals surface area contributed by atoms with Gasteiger partial charge >= 0.3 is 5.97 Å². The summed E-state index contributed by atoms with van der Waals surface area (Å²) < 4.78 is 6.21. The summed E-state index contributed by atoms with van der Waals surface area (Å²) in [7, 11) is 2.94. The maximum atomic E-state index is 12.5. The van der Waals surface area contributed by atoms with Crippen LogP contribution < -0.4 is 10.4 Å². The molecule has 2 heterocycles. The molecule has 0 spiro atoms. The highest BCUT2D eigenvalue weighted by Crippen LogP contribution is 2.17. The molecule has 112 valence electrons. The smallest absolute Gasteiger partial charge is 0.338 e. The van der Waals surface area contributed by atoms with Gasteiger partial charge in [-0.1, -0.05) is 18.3 Å². The number of fused-ring (bicyclic) bond motifs is 1. The minimum absolute atomic E-state index is 0.249. The first-order valence-corrected chi connectivity index (χ1v) is 7.41. The van der Waals surface area contributed by atoms with Gasteiger partial charge in [0.15, 0.2) is 4.80 Å². The van der Waals surface area contributed by atoms with E-state index in [4.69, 9.17) is 4.74 Å². The first-order chi connectivity index (χ1) is 9.99. The molecule has 0 radical (unpaired) electrons. The van der Waals surface area contributed by atoms with Crippen molar-refractivity contribution < 1.29 is 9.53 Å². The highest BCUT2D eigenvalue weighted by Gasteiger charge is 2.17.